The molecule has 74 valence electrons. The normalized spacial score (nSPS) is 20.2. The number of carbonyl (C=O) groups is 1. The van der Waals surface area contributed by atoms with E-state index in [0.29, 0.717) is 0 Å². The molecule has 1 saturated carbocycles. The summed E-state index contributed by atoms with van der Waals surface area (Å²) in [5.74, 6) is 0.238. The lowest BCUT2D eigenvalue weighted by Crippen LogP contribution is -2.36. The number of allylic oxidation sites excluding steroid dienone is 1. The van der Waals surface area contributed by atoms with Gasteiger partial charge in [-0.2, -0.15) is 0 Å². The summed E-state index contributed by atoms with van der Waals surface area (Å²) in [5, 5.41) is 0. The van der Waals surface area contributed by atoms with Crippen LogP contribution in [0.3, 0.4) is 0 Å². The second-order valence-electron chi connectivity index (χ2n) is 3.89. The zero-order valence-corrected chi connectivity index (χ0v) is 8.94. The molecule has 1 nitrogen and oxygen atoms in total. The molecule has 0 aliphatic heterocycles. The fraction of sp³-hybridized carbons (Fsp3) is 0.727. The Bertz CT molecular complexity index is 204. The minimum absolute atomic E-state index is 0.0264. The van der Waals surface area contributed by atoms with Crippen LogP contribution >= 0.6 is 11.6 Å². The van der Waals surface area contributed by atoms with Crippen molar-refractivity contribution >= 4 is 17.4 Å². The van der Waals surface area contributed by atoms with Gasteiger partial charge < -0.3 is 0 Å². The molecule has 1 aliphatic carbocycles. The third-order valence-corrected chi connectivity index (χ3v) is 3.18. The SMILES string of the molecule is CCCCC1(C(=O)/C=C/Cl)CCC1. The quantitative estimate of drug-likeness (QED) is 0.619. The number of rotatable bonds is 5. The van der Waals surface area contributed by atoms with Crippen LogP contribution in [0.4, 0.5) is 0 Å². The van der Waals surface area contributed by atoms with Gasteiger partial charge in [0.25, 0.3) is 0 Å². The van der Waals surface area contributed by atoms with Gasteiger partial charge >= 0.3 is 0 Å². The van der Waals surface area contributed by atoms with E-state index in [0.717, 1.165) is 25.7 Å². The van der Waals surface area contributed by atoms with Crippen molar-refractivity contribution in [3.05, 3.63) is 11.6 Å². The molecule has 1 fully saturated rings. The van der Waals surface area contributed by atoms with Crippen LogP contribution in [-0.4, -0.2) is 5.78 Å². The van der Waals surface area contributed by atoms with Crippen LogP contribution in [0.25, 0.3) is 0 Å². The highest BCUT2D eigenvalue weighted by Crippen LogP contribution is 2.46. The maximum atomic E-state index is 11.7. The summed E-state index contributed by atoms with van der Waals surface area (Å²) in [5.41, 5.74) is 1.32. The second kappa shape index (κ2) is 4.80. The first-order valence-electron chi connectivity index (χ1n) is 5.06. The molecule has 0 aromatic carbocycles. The van der Waals surface area contributed by atoms with Crippen molar-refractivity contribution in [2.45, 2.75) is 45.4 Å². The van der Waals surface area contributed by atoms with E-state index in [4.69, 9.17) is 11.6 Å². The van der Waals surface area contributed by atoms with Crippen molar-refractivity contribution in [3.8, 4) is 0 Å². The lowest BCUT2D eigenvalue weighted by atomic mass is 9.63. The average molecular weight is 201 g/mol. The molecule has 0 unspecified atom stereocenters. The Kier molecular flexibility index (Phi) is 3.98. The zero-order chi connectivity index (χ0) is 9.73. The van der Waals surface area contributed by atoms with Gasteiger partial charge in [0.05, 0.1) is 0 Å². The molecule has 0 amide bonds. The largest absolute Gasteiger partial charge is 0.294 e. The van der Waals surface area contributed by atoms with Gasteiger partial charge in [0.2, 0.25) is 0 Å². The summed E-state index contributed by atoms with van der Waals surface area (Å²) in [7, 11) is 0. The number of carbonyl (C=O) groups excluding carboxylic acids is 1. The molecule has 2 heteroatoms. The number of hydrogen-bond acceptors (Lipinski definition) is 1. The zero-order valence-electron chi connectivity index (χ0n) is 8.18. The fourth-order valence-electron chi connectivity index (χ4n) is 1.97. The predicted molar refractivity (Wildman–Crippen MR) is 55.8 cm³/mol. The lowest BCUT2D eigenvalue weighted by molar-refractivity contribution is -0.129. The van der Waals surface area contributed by atoms with Crippen LogP contribution < -0.4 is 0 Å². The van der Waals surface area contributed by atoms with Gasteiger partial charge in [0.15, 0.2) is 5.78 Å². The van der Waals surface area contributed by atoms with Crippen molar-refractivity contribution < 1.29 is 4.79 Å². The summed E-state index contributed by atoms with van der Waals surface area (Å²) >= 11 is 5.42. The van der Waals surface area contributed by atoms with Gasteiger partial charge in [-0.25, -0.2) is 0 Å². The predicted octanol–water partition coefficient (Wildman–Crippen LogP) is 3.67. The molecule has 0 radical (unpaired) electrons. The van der Waals surface area contributed by atoms with Gasteiger partial charge in [0.1, 0.15) is 0 Å². The number of halogens is 1. The standard InChI is InChI=1S/C11H17ClO/c1-2-3-6-11(7-4-8-11)10(13)5-9-12/h5,9H,2-4,6-8H2,1H3/b9-5+. The van der Waals surface area contributed by atoms with E-state index >= 15 is 0 Å². The van der Waals surface area contributed by atoms with Crippen LogP contribution in [0.2, 0.25) is 0 Å². The molecule has 0 atom stereocenters. The average Bonchev–Trinajstić information content (AvgIpc) is 2.03. The monoisotopic (exact) mass is 200 g/mol. The summed E-state index contributed by atoms with van der Waals surface area (Å²) in [6, 6.07) is 0. The van der Waals surface area contributed by atoms with E-state index in [1.807, 2.05) is 0 Å². The first kappa shape index (κ1) is 10.8. The molecular formula is C11H17ClO. The molecule has 0 spiro atoms. The van der Waals surface area contributed by atoms with Gasteiger partial charge in [0, 0.05) is 11.0 Å². The summed E-state index contributed by atoms with van der Waals surface area (Å²) in [6.07, 6.45) is 8.22. The number of ketones is 1. The van der Waals surface area contributed by atoms with Crippen LogP contribution in [0.5, 0.6) is 0 Å². The van der Waals surface area contributed by atoms with Gasteiger partial charge in [-0.3, -0.25) is 4.79 Å². The van der Waals surface area contributed by atoms with Gasteiger partial charge in [-0.1, -0.05) is 37.8 Å². The fourth-order valence-corrected chi connectivity index (χ4v) is 2.09. The third kappa shape index (κ3) is 2.34. The topological polar surface area (TPSA) is 17.1 Å². The van der Waals surface area contributed by atoms with Crippen molar-refractivity contribution in [2.24, 2.45) is 5.41 Å². The Balaban J connectivity index is 2.53. The smallest absolute Gasteiger partial charge is 0.162 e. The van der Waals surface area contributed by atoms with Gasteiger partial charge in [-0.05, 0) is 25.3 Å². The van der Waals surface area contributed by atoms with Gasteiger partial charge in [-0.15, -0.1) is 0 Å². The molecule has 0 aromatic heterocycles. The summed E-state index contributed by atoms with van der Waals surface area (Å²) < 4.78 is 0. The van der Waals surface area contributed by atoms with Crippen molar-refractivity contribution in [1.29, 1.82) is 0 Å². The third-order valence-electron chi connectivity index (χ3n) is 3.06. The Morgan fingerprint density at radius 3 is 2.62 bits per heavy atom. The minimum Gasteiger partial charge on any atom is -0.294 e. The van der Waals surface area contributed by atoms with E-state index in [1.165, 1.54) is 24.5 Å². The van der Waals surface area contributed by atoms with Crippen LogP contribution in [0.1, 0.15) is 45.4 Å². The van der Waals surface area contributed by atoms with E-state index < -0.39 is 0 Å². The molecule has 1 rings (SSSR count). The molecule has 0 heterocycles. The van der Waals surface area contributed by atoms with Crippen molar-refractivity contribution in [1.82, 2.24) is 0 Å². The molecule has 0 bridgehead atoms. The van der Waals surface area contributed by atoms with E-state index in [-0.39, 0.29) is 11.2 Å². The van der Waals surface area contributed by atoms with E-state index in [9.17, 15) is 4.79 Å². The maximum absolute atomic E-state index is 11.7. The maximum Gasteiger partial charge on any atom is 0.162 e. The molecule has 1 aliphatic rings. The minimum atomic E-state index is -0.0264. The molecule has 0 saturated heterocycles. The Labute approximate surface area is 85.2 Å². The molecule has 13 heavy (non-hydrogen) atoms. The Morgan fingerprint density at radius 2 is 2.23 bits per heavy atom. The second-order valence-corrected chi connectivity index (χ2v) is 4.15. The Hall–Kier alpha value is -0.300. The summed E-state index contributed by atoms with van der Waals surface area (Å²) in [6.45, 7) is 2.16. The first-order chi connectivity index (χ1) is 6.25. The van der Waals surface area contributed by atoms with E-state index in [1.54, 1.807) is 0 Å². The van der Waals surface area contributed by atoms with Crippen LogP contribution in [-0.2, 0) is 4.79 Å². The number of unbranched alkanes of at least 4 members (excludes halogenated alkanes) is 1. The number of hydrogen-bond donors (Lipinski definition) is 0. The highest BCUT2D eigenvalue weighted by molar-refractivity contribution is 6.27. The highest BCUT2D eigenvalue weighted by atomic mass is 35.5. The lowest BCUT2D eigenvalue weighted by Gasteiger charge is -2.39. The highest BCUT2D eigenvalue weighted by Gasteiger charge is 2.41. The van der Waals surface area contributed by atoms with Crippen LogP contribution in [0.15, 0.2) is 11.6 Å². The molecular weight excluding hydrogens is 184 g/mol. The van der Waals surface area contributed by atoms with E-state index in [2.05, 4.69) is 6.92 Å². The van der Waals surface area contributed by atoms with Crippen molar-refractivity contribution in [3.63, 3.8) is 0 Å². The summed E-state index contributed by atoms with van der Waals surface area (Å²) in [4.78, 5) is 11.7. The first-order valence-corrected chi connectivity index (χ1v) is 5.50. The van der Waals surface area contributed by atoms with Crippen LogP contribution in [0, 0.1) is 5.41 Å². The van der Waals surface area contributed by atoms with Crippen molar-refractivity contribution in [2.75, 3.05) is 0 Å². The Morgan fingerprint density at radius 1 is 1.54 bits per heavy atom. The molecule has 0 aromatic rings. The molecule has 0 N–H and O–H groups in total.